The maximum atomic E-state index is 12.7. The van der Waals surface area contributed by atoms with Gasteiger partial charge in [-0.3, -0.25) is 9.59 Å². The highest BCUT2D eigenvalue weighted by molar-refractivity contribution is 6.03. The molecule has 3 aromatic carbocycles. The molecule has 0 unspecified atom stereocenters. The molecule has 5 heteroatoms. The highest BCUT2D eigenvalue weighted by Crippen LogP contribution is 2.27. The molecule has 0 radical (unpaired) electrons. The lowest BCUT2D eigenvalue weighted by Crippen LogP contribution is -2.49. The first-order valence-corrected chi connectivity index (χ1v) is 10.4. The van der Waals surface area contributed by atoms with Crippen molar-refractivity contribution in [2.75, 3.05) is 36.4 Å². The van der Waals surface area contributed by atoms with E-state index < -0.39 is 0 Å². The molecule has 0 saturated carbocycles. The second-order valence-corrected chi connectivity index (χ2v) is 7.40. The van der Waals surface area contributed by atoms with E-state index in [9.17, 15) is 9.59 Å². The van der Waals surface area contributed by atoms with E-state index >= 15 is 0 Å². The lowest BCUT2D eigenvalue weighted by atomic mass is 10.1. The molecule has 1 aliphatic heterocycles. The Morgan fingerprint density at radius 1 is 0.742 bits per heavy atom. The van der Waals surface area contributed by atoms with E-state index in [4.69, 9.17) is 0 Å². The van der Waals surface area contributed by atoms with E-state index in [1.807, 2.05) is 89.8 Å². The van der Waals surface area contributed by atoms with Gasteiger partial charge < -0.3 is 15.1 Å². The number of para-hydroxylation sites is 2. The van der Waals surface area contributed by atoms with Crippen molar-refractivity contribution >= 4 is 29.3 Å². The lowest BCUT2D eigenvalue weighted by molar-refractivity contribution is -0.111. The van der Waals surface area contributed by atoms with E-state index in [0.29, 0.717) is 31.7 Å². The van der Waals surface area contributed by atoms with Gasteiger partial charge >= 0.3 is 0 Å². The molecule has 0 aliphatic carbocycles. The zero-order valence-corrected chi connectivity index (χ0v) is 17.3. The minimum Gasteiger partial charge on any atom is -0.366 e. The zero-order valence-electron chi connectivity index (χ0n) is 17.3. The predicted molar refractivity (Wildman–Crippen MR) is 125 cm³/mol. The van der Waals surface area contributed by atoms with Crippen molar-refractivity contribution < 1.29 is 9.59 Å². The van der Waals surface area contributed by atoms with Crippen LogP contribution in [-0.2, 0) is 4.79 Å². The summed E-state index contributed by atoms with van der Waals surface area (Å²) in [5, 5.41) is 2.99. The van der Waals surface area contributed by atoms with Gasteiger partial charge in [-0.15, -0.1) is 0 Å². The van der Waals surface area contributed by atoms with Gasteiger partial charge in [-0.05, 0) is 35.9 Å². The molecule has 1 heterocycles. The van der Waals surface area contributed by atoms with Crippen LogP contribution in [0.2, 0.25) is 0 Å². The summed E-state index contributed by atoms with van der Waals surface area (Å²) in [7, 11) is 0. The Balaban J connectivity index is 1.39. The fraction of sp³-hybridized carbons (Fsp3) is 0.154. The summed E-state index contributed by atoms with van der Waals surface area (Å²) in [6.45, 7) is 2.71. The number of piperazine rings is 1. The number of benzene rings is 3. The number of hydrogen-bond acceptors (Lipinski definition) is 3. The van der Waals surface area contributed by atoms with E-state index in [0.717, 1.165) is 16.9 Å². The molecule has 1 saturated heterocycles. The number of anilines is 2. The average molecular weight is 412 g/mol. The SMILES string of the molecule is O=C(/C=C/c1ccccc1)Nc1ccccc1N1CCN(C(=O)c2ccccc2)CC1. The third kappa shape index (κ3) is 5.20. The average Bonchev–Trinajstić information content (AvgIpc) is 2.84. The second kappa shape index (κ2) is 9.76. The quantitative estimate of drug-likeness (QED) is 0.637. The molecule has 5 nitrogen and oxygen atoms in total. The van der Waals surface area contributed by atoms with Crippen molar-refractivity contribution in [1.29, 1.82) is 0 Å². The maximum Gasteiger partial charge on any atom is 0.253 e. The van der Waals surface area contributed by atoms with Gasteiger partial charge in [0.05, 0.1) is 11.4 Å². The third-order valence-electron chi connectivity index (χ3n) is 5.32. The summed E-state index contributed by atoms with van der Waals surface area (Å²) in [5.41, 5.74) is 3.43. The minimum atomic E-state index is -0.172. The van der Waals surface area contributed by atoms with Crippen LogP contribution in [0.15, 0.2) is 91.0 Å². The number of carbonyl (C=O) groups excluding carboxylic acids is 2. The molecule has 0 aromatic heterocycles. The molecule has 0 atom stereocenters. The monoisotopic (exact) mass is 411 g/mol. The third-order valence-corrected chi connectivity index (χ3v) is 5.32. The Labute approximate surface area is 182 Å². The molecular formula is C26H25N3O2. The van der Waals surface area contributed by atoms with Crippen LogP contribution in [0.25, 0.3) is 6.08 Å². The van der Waals surface area contributed by atoms with Crippen molar-refractivity contribution in [2.45, 2.75) is 0 Å². The first-order chi connectivity index (χ1) is 15.2. The van der Waals surface area contributed by atoms with Crippen molar-refractivity contribution in [3.63, 3.8) is 0 Å². The number of nitrogens with zero attached hydrogens (tertiary/aromatic N) is 2. The van der Waals surface area contributed by atoms with Gasteiger partial charge in [0.1, 0.15) is 0 Å². The Kier molecular flexibility index (Phi) is 6.43. The number of carbonyl (C=O) groups is 2. The van der Waals surface area contributed by atoms with Crippen molar-refractivity contribution in [3.05, 3.63) is 102 Å². The summed E-state index contributed by atoms with van der Waals surface area (Å²) < 4.78 is 0. The summed E-state index contributed by atoms with van der Waals surface area (Å²) >= 11 is 0. The fourth-order valence-electron chi connectivity index (χ4n) is 3.68. The first-order valence-electron chi connectivity index (χ1n) is 10.4. The molecular weight excluding hydrogens is 386 g/mol. The standard InChI is InChI=1S/C26H25N3O2/c30-25(16-15-21-9-3-1-4-10-21)27-23-13-7-8-14-24(23)28-17-19-29(20-18-28)26(31)22-11-5-2-6-12-22/h1-16H,17-20H2,(H,27,30)/b16-15+. The van der Waals surface area contributed by atoms with Crippen LogP contribution in [0, 0.1) is 0 Å². The van der Waals surface area contributed by atoms with Crippen LogP contribution in [-0.4, -0.2) is 42.9 Å². The van der Waals surface area contributed by atoms with Gasteiger partial charge in [0.25, 0.3) is 5.91 Å². The lowest BCUT2D eigenvalue weighted by Gasteiger charge is -2.37. The second-order valence-electron chi connectivity index (χ2n) is 7.40. The highest BCUT2D eigenvalue weighted by atomic mass is 16.2. The van der Waals surface area contributed by atoms with Gasteiger partial charge in [-0.2, -0.15) is 0 Å². The van der Waals surface area contributed by atoms with Crippen LogP contribution >= 0.6 is 0 Å². The molecule has 156 valence electrons. The normalized spacial score (nSPS) is 13.9. The molecule has 1 N–H and O–H groups in total. The first kappa shape index (κ1) is 20.4. The molecule has 0 bridgehead atoms. The Hall–Kier alpha value is -3.86. The Morgan fingerprint density at radius 3 is 2.06 bits per heavy atom. The number of amides is 2. The minimum absolute atomic E-state index is 0.0629. The number of nitrogens with one attached hydrogen (secondary N) is 1. The van der Waals surface area contributed by atoms with E-state index in [-0.39, 0.29) is 11.8 Å². The van der Waals surface area contributed by atoms with E-state index in [1.54, 1.807) is 12.2 Å². The number of rotatable bonds is 5. The van der Waals surface area contributed by atoms with E-state index in [1.165, 1.54) is 0 Å². The molecule has 2 amide bonds. The van der Waals surface area contributed by atoms with E-state index in [2.05, 4.69) is 10.2 Å². The molecule has 1 fully saturated rings. The Bertz CT molecular complexity index is 1060. The fourth-order valence-corrected chi connectivity index (χ4v) is 3.68. The summed E-state index contributed by atoms with van der Waals surface area (Å²) in [5.74, 6) is -0.109. The van der Waals surface area contributed by atoms with Gasteiger partial charge in [-0.1, -0.05) is 60.7 Å². The molecule has 3 aromatic rings. The number of hydrogen-bond donors (Lipinski definition) is 1. The van der Waals surface area contributed by atoms with Crippen LogP contribution < -0.4 is 10.2 Å². The molecule has 1 aliphatic rings. The zero-order chi connectivity index (χ0) is 21.5. The molecule has 0 spiro atoms. The predicted octanol–water partition coefficient (Wildman–Crippen LogP) is 4.30. The van der Waals surface area contributed by atoms with Crippen molar-refractivity contribution in [1.82, 2.24) is 4.90 Å². The largest absolute Gasteiger partial charge is 0.366 e. The molecule has 31 heavy (non-hydrogen) atoms. The van der Waals surface area contributed by atoms with Crippen LogP contribution in [0.4, 0.5) is 11.4 Å². The van der Waals surface area contributed by atoms with Crippen LogP contribution in [0.5, 0.6) is 0 Å². The Morgan fingerprint density at radius 2 is 1.35 bits per heavy atom. The van der Waals surface area contributed by atoms with Crippen molar-refractivity contribution in [2.24, 2.45) is 0 Å². The molecule has 4 rings (SSSR count). The summed E-state index contributed by atoms with van der Waals surface area (Å²) in [6, 6.07) is 26.9. The smallest absolute Gasteiger partial charge is 0.253 e. The summed E-state index contributed by atoms with van der Waals surface area (Å²) in [6.07, 6.45) is 3.34. The van der Waals surface area contributed by atoms with Gasteiger partial charge in [0.2, 0.25) is 5.91 Å². The van der Waals surface area contributed by atoms with Gasteiger partial charge in [-0.25, -0.2) is 0 Å². The van der Waals surface area contributed by atoms with Crippen LogP contribution in [0.1, 0.15) is 15.9 Å². The van der Waals surface area contributed by atoms with Crippen molar-refractivity contribution in [3.8, 4) is 0 Å². The van der Waals surface area contributed by atoms with Crippen LogP contribution in [0.3, 0.4) is 0 Å². The highest BCUT2D eigenvalue weighted by Gasteiger charge is 2.23. The topological polar surface area (TPSA) is 52.7 Å². The summed E-state index contributed by atoms with van der Waals surface area (Å²) in [4.78, 5) is 29.2. The van der Waals surface area contributed by atoms with Gasteiger partial charge in [0, 0.05) is 37.8 Å². The maximum absolute atomic E-state index is 12.7. The van der Waals surface area contributed by atoms with Gasteiger partial charge in [0.15, 0.2) is 0 Å².